The molecule has 0 aliphatic rings. The Hall–Kier alpha value is -2.27. The van der Waals surface area contributed by atoms with Crippen LogP contribution in [0.15, 0.2) is 42.5 Å². The summed E-state index contributed by atoms with van der Waals surface area (Å²) >= 11 is 0. The standard InChI is InChI=1S/C15H13F2N3/c16-11-6-7-12-14(13(11)17)20-15(19-12)10(8-18)9-4-2-1-3-5-9/h1-7,10H,8,18H2,(H,19,20). The topological polar surface area (TPSA) is 54.7 Å². The van der Waals surface area contributed by atoms with Crippen molar-refractivity contribution in [2.75, 3.05) is 6.54 Å². The quantitative estimate of drug-likeness (QED) is 0.771. The molecule has 0 aliphatic carbocycles. The van der Waals surface area contributed by atoms with Gasteiger partial charge in [0.05, 0.1) is 11.4 Å². The van der Waals surface area contributed by atoms with Gasteiger partial charge in [-0.2, -0.15) is 0 Å². The predicted molar refractivity (Wildman–Crippen MR) is 73.3 cm³/mol. The zero-order chi connectivity index (χ0) is 14.1. The summed E-state index contributed by atoms with van der Waals surface area (Å²) in [6.45, 7) is 0.327. The van der Waals surface area contributed by atoms with Gasteiger partial charge < -0.3 is 10.7 Å². The number of nitrogens with zero attached hydrogens (tertiary/aromatic N) is 1. The van der Waals surface area contributed by atoms with Gasteiger partial charge in [0, 0.05) is 6.54 Å². The van der Waals surface area contributed by atoms with E-state index in [0.29, 0.717) is 17.9 Å². The summed E-state index contributed by atoms with van der Waals surface area (Å²) in [6.07, 6.45) is 0. The number of aromatic nitrogens is 2. The molecule has 20 heavy (non-hydrogen) atoms. The molecule has 3 aromatic rings. The van der Waals surface area contributed by atoms with Gasteiger partial charge in [-0.3, -0.25) is 0 Å². The van der Waals surface area contributed by atoms with Crippen molar-refractivity contribution in [3.05, 3.63) is 65.5 Å². The number of H-pyrrole nitrogens is 1. The average molecular weight is 273 g/mol. The molecule has 0 saturated heterocycles. The third kappa shape index (κ3) is 2.06. The van der Waals surface area contributed by atoms with Crippen LogP contribution in [0.3, 0.4) is 0 Å². The highest BCUT2D eigenvalue weighted by Gasteiger charge is 2.18. The minimum absolute atomic E-state index is 0.00869. The second-order valence-corrected chi connectivity index (χ2v) is 4.58. The Morgan fingerprint density at radius 1 is 1.10 bits per heavy atom. The maximum Gasteiger partial charge on any atom is 0.186 e. The molecule has 0 aliphatic heterocycles. The second-order valence-electron chi connectivity index (χ2n) is 4.58. The van der Waals surface area contributed by atoms with Crippen LogP contribution in [0.2, 0.25) is 0 Å². The van der Waals surface area contributed by atoms with E-state index in [0.717, 1.165) is 11.6 Å². The van der Waals surface area contributed by atoms with Crippen molar-refractivity contribution in [2.24, 2.45) is 5.73 Å². The Balaban J connectivity index is 2.11. The van der Waals surface area contributed by atoms with Crippen LogP contribution in [0.1, 0.15) is 17.3 Å². The van der Waals surface area contributed by atoms with Crippen molar-refractivity contribution in [1.82, 2.24) is 9.97 Å². The summed E-state index contributed by atoms with van der Waals surface area (Å²) in [6, 6.07) is 12.1. The highest BCUT2D eigenvalue weighted by atomic mass is 19.2. The number of nitrogens with two attached hydrogens (primary N) is 1. The van der Waals surface area contributed by atoms with Crippen LogP contribution in [-0.4, -0.2) is 16.5 Å². The van der Waals surface area contributed by atoms with Crippen LogP contribution >= 0.6 is 0 Å². The zero-order valence-corrected chi connectivity index (χ0v) is 10.6. The van der Waals surface area contributed by atoms with E-state index in [-0.39, 0.29) is 11.4 Å². The van der Waals surface area contributed by atoms with E-state index in [9.17, 15) is 8.78 Å². The van der Waals surface area contributed by atoms with E-state index in [1.54, 1.807) is 0 Å². The van der Waals surface area contributed by atoms with E-state index in [1.807, 2.05) is 30.3 Å². The van der Waals surface area contributed by atoms with Crippen LogP contribution in [0.25, 0.3) is 11.0 Å². The maximum absolute atomic E-state index is 13.7. The van der Waals surface area contributed by atoms with Crippen LogP contribution in [0.5, 0.6) is 0 Å². The third-order valence-corrected chi connectivity index (χ3v) is 3.33. The normalized spacial score (nSPS) is 12.8. The van der Waals surface area contributed by atoms with Crippen molar-refractivity contribution in [1.29, 1.82) is 0 Å². The molecule has 0 saturated carbocycles. The van der Waals surface area contributed by atoms with Crippen molar-refractivity contribution >= 4 is 11.0 Å². The van der Waals surface area contributed by atoms with E-state index < -0.39 is 11.6 Å². The first-order chi connectivity index (χ1) is 9.70. The predicted octanol–water partition coefficient (Wildman–Crippen LogP) is 2.93. The van der Waals surface area contributed by atoms with Crippen LogP contribution in [0.4, 0.5) is 8.78 Å². The molecule has 5 heteroatoms. The smallest absolute Gasteiger partial charge is 0.186 e. The minimum atomic E-state index is -0.936. The van der Waals surface area contributed by atoms with Gasteiger partial charge in [0.2, 0.25) is 0 Å². The second kappa shape index (κ2) is 5.02. The van der Waals surface area contributed by atoms with Gasteiger partial charge in [0.25, 0.3) is 0 Å². The Bertz CT molecular complexity index is 737. The fourth-order valence-corrected chi connectivity index (χ4v) is 2.29. The number of imidazole rings is 1. The van der Waals surface area contributed by atoms with E-state index in [2.05, 4.69) is 9.97 Å². The molecule has 0 radical (unpaired) electrons. The molecule has 3 N–H and O–H groups in total. The first kappa shape index (κ1) is 12.7. The van der Waals surface area contributed by atoms with Crippen molar-refractivity contribution in [3.8, 4) is 0 Å². The summed E-state index contributed by atoms with van der Waals surface area (Å²) < 4.78 is 26.9. The van der Waals surface area contributed by atoms with Gasteiger partial charge in [-0.1, -0.05) is 30.3 Å². The lowest BCUT2D eigenvalue weighted by Crippen LogP contribution is -2.15. The lowest BCUT2D eigenvalue weighted by molar-refractivity contribution is 0.515. The fourth-order valence-electron chi connectivity index (χ4n) is 2.29. The first-order valence-corrected chi connectivity index (χ1v) is 6.29. The average Bonchev–Trinajstić information content (AvgIpc) is 2.90. The van der Waals surface area contributed by atoms with Gasteiger partial charge in [-0.05, 0) is 17.7 Å². The number of hydrogen-bond donors (Lipinski definition) is 2. The third-order valence-electron chi connectivity index (χ3n) is 3.33. The molecule has 1 aromatic heterocycles. The molecule has 1 unspecified atom stereocenters. The molecular weight excluding hydrogens is 260 g/mol. The Morgan fingerprint density at radius 2 is 1.85 bits per heavy atom. The molecule has 0 bridgehead atoms. The number of benzene rings is 2. The molecule has 102 valence electrons. The summed E-state index contributed by atoms with van der Waals surface area (Å²) in [5.41, 5.74) is 7.25. The van der Waals surface area contributed by atoms with Gasteiger partial charge >= 0.3 is 0 Å². The molecular formula is C15H13F2N3. The zero-order valence-electron chi connectivity index (χ0n) is 10.6. The lowest BCUT2D eigenvalue weighted by atomic mass is 9.99. The molecule has 0 spiro atoms. The van der Waals surface area contributed by atoms with Crippen molar-refractivity contribution < 1.29 is 8.78 Å². The van der Waals surface area contributed by atoms with Crippen LogP contribution in [-0.2, 0) is 0 Å². The number of halogens is 2. The number of aromatic amines is 1. The minimum Gasteiger partial charge on any atom is -0.341 e. The Morgan fingerprint density at radius 3 is 2.55 bits per heavy atom. The van der Waals surface area contributed by atoms with Crippen molar-refractivity contribution in [2.45, 2.75) is 5.92 Å². The molecule has 1 atom stereocenters. The maximum atomic E-state index is 13.7. The first-order valence-electron chi connectivity index (χ1n) is 6.29. The number of fused-ring (bicyclic) bond motifs is 1. The largest absolute Gasteiger partial charge is 0.341 e. The molecule has 2 aromatic carbocycles. The number of hydrogen-bond acceptors (Lipinski definition) is 2. The molecule has 3 rings (SSSR count). The lowest BCUT2D eigenvalue weighted by Gasteiger charge is -2.11. The van der Waals surface area contributed by atoms with Gasteiger partial charge in [-0.15, -0.1) is 0 Å². The SMILES string of the molecule is NCC(c1ccccc1)c1nc2c(F)c(F)ccc2[nH]1. The van der Waals surface area contributed by atoms with Crippen molar-refractivity contribution in [3.63, 3.8) is 0 Å². The van der Waals surface area contributed by atoms with Gasteiger partial charge in [0.15, 0.2) is 11.6 Å². The number of rotatable bonds is 3. The van der Waals surface area contributed by atoms with Gasteiger partial charge in [-0.25, -0.2) is 13.8 Å². The molecule has 0 amide bonds. The number of nitrogens with one attached hydrogen (secondary N) is 1. The highest BCUT2D eigenvalue weighted by molar-refractivity contribution is 5.76. The summed E-state index contributed by atoms with van der Waals surface area (Å²) in [5, 5.41) is 0. The molecule has 1 heterocycles. The summed E-state index contributed by atoms with van der Waals surface area (Å²) in [4.78, 5) is 7.19. The van der Waals surface area contributed by atoms with E-state index >= 15 is 0 Å². The van der Waals surface area contributed by atoms with E-state index in [1.165, 1.54) is 6.07 Å². The summed E-state index contributed by atoms with van der Waals surface area (Å²) in [5.74, 6) is -1.47. The van der Waals surface area contributed by atoms with E-state index in [4.69, 9.17) is 5.73 Å². The Labute approximate surface area is 114 Å². The summed E-state index contributed by atoms with van der Waals surface area (Å²) in [7, 11) is 0. The molecule has 0 fully saturated rings. The fraction of sp³-hybridized carbons (Fsp3) is 0.133. The molecule has 3 nitrogen and oxygen atoms in total. The van der Waals surface area contributed by atoms with Crippen LogP contribution in [0, 0.1) is 11.6 Å². The van der Waals surface area contributed by atoms with Crippen LogP contribution < -0.4 is 5.73 Å². The monoisotopic (exact) mass is 273 g/mol. The van der Waals surface area contributed by atoms with Gasteiger partial charge in [0.1, 0.15) is 11.3 Å². The highest BCUT2D eigenvalue weighted by Crippen LogP contribution is 2.25. The Kier molecular flexibility index (Phi) is 3.20.